The Bertz CT molecular complexity index is 774. The predicted molar refractivity (Wildman–Crippen MR) is 109 cm³/mol. The maximum absolute atomic E-state index is 12.8. The van der Waals surface area contributed by atoms with E-state index in [9.17, 15) is 9.59 Å². The van der Waals surface area contributed by atoms with Crippen molar-refractivity contribution >= 4 is 11.8 Å². The first kappa shape index (κ1) is 19.9. The van der Waals surface area contributed by atoms with Gasteiger partial charge in [0, 0.05) is 38.2 Å². The molecule has 1 aliphatic rings. The Kier molecular flexibility index (Phi) is 7.06. The molecule has 0 aromatic heterocycles. The van der Waals surface area contributed by atoms with Gasteiger partial charge in [-0.15, -0.1) is 0 Å². The quantitative estimate of drug-likeness (QED) is 0.772. The molecule has 0 bridgehead atoms. The van der Waals surface area contributed by atoms with Gasteiger partial charge in [-0.25, -0.2) is 0 Å². The molecule has 0 unspecified atom stereocenters. The highest BCUT2D eigenvalue weighted by Gasteiger charge is 2.22. The molecule has 0 radical (unpaired) electrons. The highest BCUT2D eigenvalue weighted by atomic mass is 16.5. The van der Waals surface area contributed by atoms with Gasteiger partial charge in [0.1, 0.15) is 5.75 Å². The Labute approximate surface area is 166 Å². The summed E-state index contributed by atoms with van der Waals surface area (Å²) in [5.41, 5.74) is 1.84. The summed E-state index contributed by atoms with van der Waals surface area (Å²) in [6, 6.07) is 17.3. The molecule has 2 aromatic rings. The van der Waals surface area contributed by atoms with Crippen LogP contribution < -0.4 is 4.74 Å². The average Bonchev–Trinajstić information content (AvgIpc) is 2.99. The predicted octanol–water partition coefficient (Wildman–Crippen LogP) is 3.39. The van der Waals surface area contributed by atoms with Gasteiger partial charge in [0.2, 0.25) is 5.91 Å². The van der Waals surface area contributed by atoms with Crippen molar-refractivity contribution in [3.63, 3.8) is 0 Å². The number of carbonyl (C=O) groups is 2. The van der Waals surface area contributed by atoms with Crippen LogP contribution in [0.4, 0.5) is 0 Å². The SMILES string of the molecule is CCOc1ccc(C(=O)N2CCCN(C(=O)CCc3ccccc3)CC2)cc1. The normalized spacial score (nSPS) is 14.5. The van der Waals surface area contributed by atoms with Gasteiger partial charge in [-0.2, -0.15) is 0 Å². The maximum Gasteiger partial charge on any atom is 0.253 e. The molecule has 2 aromatic carbocycles. The lowest BCUT2D eigenvalue weighted by Crippen LogP contribution is -2.37. The van der Waals surface area contributed by atoms with Crippen LogP contribution in [0.3, 0.4) is 0 Å². The Morgan fingerprint density at radius 3 is 2.29 bits per heavy atom. The first-order valence-electron chi connectivity index (χ1n) is 10.0. The Hall–Kier alpha value is -2.82. The van der Waals surface area contributed by atoms with Crippen LogP contribution in [-0.2, 0) is 11.2 Å². The maximum atomic E-state index is 12.8. The smallest absolute Gasteiger partial charge is 0.253 e. The molecule has 1 aliphatic heterocycles. The third kappa shape index (κ3) is 5.35. The van der Waals surface area contributed by atoms with E-state index in [0.717, 1.165) is 18.6 Å². The molecule has 5 nitrogen and oxygen atoms in total. The zero-order valence-electron chi connectivity index (χ0n) is 16.5. The second-order valence-electron chi connectivity index (χ2n) is 6.97. The molecule has 1 fully saturated rings. The third-order valence-corrected chi connectivity index (χ3v) is 5.02. The minimum absolute atomic E-state index is 0.0154. The van der Waals surface area contributed by atoms with Crippen LogP contribution in [0, 0.1) is 0 Å². The molecular formula is C23H28N2O3. The van der Waals surface area contributed by atoms with Crippen molar-refractivity contribution in [1.29, 1.82) is 0 Å². The van der Waals surface area contributed by atoms with Crippen molar-refractivity contribution in [3.8, 4) is 5.75 Å². The molecule has 0 spiro atoms. The Morgan fingerprint density at radius 2 is 1.57 bits per heavy atom. The standard InChI is InChI=1S/C23H28N2O3/c1-2-28-21-12-10-20(11-13-21)23(27)25-16-6-15-24(17-18-25)22(26)14-9-19-7-4-3-5-8-19/h3-5,7-8,10-13H,2,6,9,14-18H2,1H3. The molecule has 1 saturated heterocycles. The van der Waals surface area contributed by atoms with Crippen molar-refractivity contribution in [1.82, 2.24) is 9.80 Å². The number of nitrogens with zero attached hydrogens (tertiary/aromatic N) is 2. The van der Waals surface area contributed by atoms with Gasteiger partial charge >= 0.3 is 0 Å². The molecular weight excluding hydrogens is 352 g/mol. The monoisotopic (exact) mass is 380 g/mol. The van der Waals surface area contributed by atoms with E-state index >= 15 is 0 Å². The third-order valence-electron chi connectivity index (χ3n) is 5.02. The zero-order chi connectivity index (χ0) is 19.8. The number of hydrogen-bond acceptors (Lipinski definition) is 3. The first-order valence-corrected chi connectivity index (χ1v) is 10.0. The number of amides is 2. The number of rotatable bonds is 6. The van der Waals surface area contributed by atoms with Crippen LogP contribution in [0.2, 0.25) is 0 Å². The number of hydrogen-bond donors (Lipinski definition) is 0. The largest absolute Gasteiger partial charge is 0.494 e. The fourth-order valence-electron chi connectivity index (χ4n) is 3.47. The Balaban J connectivity index is 1.52. The van der Waals surface area contributed by atoms with Crippen LogP contribution in [0.5, 0.6) is 5.75 Å². The van der Waals surface area contributed by atoms with Crippen molar-refractivity contribution in [3.05, 3.63) is 65.7 Å². The van der Waals surface area contributed by atoms with E-state index in [1.165, 1.54) is 5.56 Å². The summed E-state index contributed by atoms with van der Waals surface area (Å²) in [5, 5.41) is 0. The van der Waals surface area contributed by atoms with Crippen LogP contribution in [0.15, 0.2) is 54.6 Å². The molecule has 5 heteroatoms. The number of aryl methyl sites for hydroxylation is 1. The molecule has 2 amide bonds. The molecule has 148 valence electrons. The van der Waals surface area contributed by atoms with Crippen molar-refractivity contribution in [2.75, 3.05) is 32.8 Å². The number of benzene rings is 2. The molecule has 0 aliphatic carbocycles. The lowest BCUT2D eigenvalue weighted by atomic mass is 10.1. The molecule has 1 heterocycles. The highest BCUT2D eigenvalue weighted by Crippen LogP contribution is 2.15. The van der Waals surface area contributed by atoms with Gasteiger partial charge in [0.25, 0.3) is 5.91 Å². The van der Waals surface area contributed by atoms with Gasteiger partial charge in [-0.1, -0.05) is 30.3 Å². The van der Waals surface area contributed by atoms with Crippen LogP contribution in [-0.4, -0.2) is 54.4 Å². The van der Waals surface area contributed by atoms with Crippen molar-refractivity contribution in [2.24, 2.45) is 0 Å². The van der Waals surface area contributed by atoms with Gasteiger partial charge < -0.3 is 14.5 Å². The highest BCUT2D eigenvalue weighted by molar-refractivity contribution is 5.94. The van der Waals surface area contributed by atoms with Gasteiger partial charge in [-0.3, -0.25) is 9.59 Å². The lowest BCUT2D eigenvalue weighted by molar-refractivity contribution is -0.131. The zero-order valence-corrected chi connectivity index (χ0v) is 16.5. The molecule has 0 N–H and O–H groups in total. The molecule has 0 atom stereocenters. The second-order valence-corrected chi connectivity index (χ2v) is 6.97. The number of carbonyl (C=O) groups excluding carboxylic acids is 2. The molecule has 28 heavy (non-hydrogen) atoms. The van der Waals surface area contributed by atoms with Gasteiger partial charge in [-0.05, 0) is 49.6 Å². The van der Waals surface area contributed by atoms with E-state index in [2.05, 4.69) is 0 Å². The van der Waals surface area contributed by atoms with Crippen LogP contribution >= 0.6 is 0 Å². The van der Waals surface area contributed by atoms with Crippen molar-refractivity contribution < 1.29 is 14.3 Å². The summed E-state index contributed by atoms with van der Waals surface area (Å²) in [6.45, 7) is 5.09. The number of ether oxygens (including phenoxy) is 1. The van der Waals surface area contributed by atoms with E-state index in [-0.39, 0.29) is 11.8 Å². The molecule has 0 saturated carbocycles. The Morgan fingerprint density at radius 1 is 0.893 bits per heavy atom. The van der Waals surface area contributed by atoms with E-state index in [0.29, 0.717) is 44.8 Å². The average molecular weight is 380 g/mol. The first-order chi connectivity index (χ1) is 13.7. The van der Waals surface area contributed by atoms with Gasteiger partial charge in [0.05, 0.1) is 6.61 Å². The summed E-state index contributed by atoms with van der Waals surface area (Å²) >= 11 is 0. The summed E-state index contributed by atoms with van der Waals surface area (Å²) < 4.78 is 5.43. The lowest BCUT2D eigenvalue weighted by Gasteiger charge is -2.22. The summed E-state index contributed by atoms with van der Waals surface area (Å²) in [6.07, 6.45) is 2.07. The van der Waals surface area contributed by atoms with E-state index in [1.54, 1.807) is 12.1 Å². The van der Waals surface area contributed by atoms with E-state index in [4.69, 9.17) is 4.74 Å². The van der Waals surface area contributed by atoms with Crippen LogP contribution in [0.25, 0.3) is 0 Å². The second kappa shape index (κ2) is 9.93. The summed E-state index contributed by atoms with van der Waals surface area (Å²) in [7, 11) is 0. The van der Waals surface area contributed by atoms with E-state index < -0.39 is 0 Å². The molecule has 3 rings (SSSR count). The van der Waals surface area contributed by atoms with E-state index in [1.807, 2.05) is 59.2 Å². The van der Waals surface area contributed by atoms with Gasteiger partial charge in [0.15, 0.2) is 0 Å². The fraction of sp³-hybridized carbons (Fsp3) is 0.391. The minimum atomic E-state index is 0.0154. The summed E-state index contributed by atoms with van der Waals surface area (Å²) in [5.74, 6) is 0.950. The van der Waals surface area contributed by atoms with Crippen LogP contribution in [0.1, 0.15) is 35.7 Å². The van der Waals surface area contributed by atoms with Crippen molar-refractivity contribution in [2.45, 2.75) is 26.2 Å². The minimum Gasteiger partial charge on any atom is -0.494 e. The summed E-state index contributed by atoms with van der Waals surface area (Å²) in [4.78, 5) is 29.1. The topological polar surface area (TPSA) is 49.9 Å². The fourth-order valence-corrected chi connectivity index (χ4v) is 3.47.